The summed E-state index contributed by atoms with van der Waals surface area (Å²) in [6.45, 7) is 2.02. The van der Waals surface area contributed by atoms with E-state index in [9.17, 15) is 4.79 Å². The molecular formula is C17H18BrNOS. The van der Waals surface area contributed by atoms with E-state index in [1.807, 2.05) is 67.8 Å². The van der Waals surface area contributed by atoms with Crippen LogP contribution in [0.3, 0.4) is 0 Å². The third-order valence-corrected chi connectivity index (χ3v) is 5.28. The van der Waals surface area contributed by atoms with E-state index in [0.29, 0.717) is 10.9 Å². The average Bonchev–Trinajstić information content (AvgIpc) is 2.55. The van der Waals surface area contributed by atoms with Gasteiger partial charge in [0, 0.05) is 15.8 Å². The first-order chi connectivity index (χ1) is 10.1. The molecule has 0 aliphatic rings. The number of benzene rings is 2. The second-order valence-electron chi connectivity index (χ2n) is 5.01. The number of halogens is 1. The molecule has 0 fully saturated rings. The van der Waals surface area contributed by atoms with Gasteiger partial charge in [-0.25, -0.2) is 0 Å². The third kappa shape index (κ3) is 3.89. The van der Waals surface area contributed by atoms with Crippen LogP contribution in [0.4, 0.5) is 0 Å². The molecule has 0 spiro atoms. The fraction of sp³-hybridized carbons (Fsp3) is 0.235. The molecule has 0 aromatic heterocycles. The molecule has 4 heteroatoms. The summed E-state index contributed by atoms with van der Waals surface area (Å²) in [4.78, 5) is 13.6. The molecule has 110 valence electrons. The summed E-state index contributed by atoms with van der Waals surface area (Å²) in [7, 11) is 0. The van der Waals surface area contributed by atoms with E-state index in [0.717, 1.165) is 10.5 Å². The van der Waals surface area contributed by atoms with Crippen molar-refractivity contribution in [1.29, 1.82) is 0 Å². The first kappa shape index (κ1) is 16.1. The van der Waals surface area contributed by atoms with E-state index in [2.05, 4.69) is 21.2 Å². The fourth-order valence-electron chi connectivity index (χ4n) is 2.05. The lowest BCUT2D eigenvalue weighted by Gasteiger charge is -2.29. The molecule has 0 radical (unpaired) electrons. The van der Waals surface area contributed by atoms with Gasteiger partial charge in [-0.15, -0.1) is 11.8 Å². The molecule has 1 N–H and O–H groups in total. The topological polar surface area (TPSA) is 29.1 Å². The zero-order valence-electron chi connectivity index (χ0n) is 12.1. The Kier molecular flexibility index (Phi) is 5.48. The maximum atomic E-state index is 12.5. The summed E-state index contributed by atoms with van der Waals surface area (Å²) in [5.41, 5.74) is 1.32. The number of rotatable bonds is 5. The Labute approximate surface area is 138 Å². The zero-order valence-corrected chi connectivity index (χ0v) is 14.5. The van der Waals surface area contributed by atoms with E-state index >= 15 is 0 Å². The number of alkyl halides is 1. The summed E-state index contributed by atoms with van der Waals surface area (Å²) in [6.07, 6.45) is 2.02. The van der Waals surface area contributed by atoms with Crippen molar-refractivity contribution in [2.75, 3.05) is 11.6 Å². The Balaban J connectivity index is 2.19. The molecule has 2 aromatic carbocycles. The Morgan fingerprint density at radius 2 is 1.76 bits per heavy atom. The maximum absolute atomic E-state index is 12.5. The number of hydrogen-bond donors (Lipinski definition) is 1. The number of carbonyl (C=O) groups excluding carboxylic acids is 1. The molecule has 1 unspecified atom stereocenters. The number of hydrogen-bond acceptors (Lipinski definition) is 2. The largest absolute Gasteiger partial charge is 0.342 e. The maximum Gasteiger partial charge on any atom is 0.251 e. The summed E-state index contributed by atoms with van der Waals surface area (Å²) in [5.74, 6) is -0.0616. The minimum Gasteiger partial charge on any atom is -0.342 e. The van der Waals surface area contributed by atoms with Gasteiger partial charge in [0.05, 0.1) is 5.54 Å². The minimum atomic E-state index is -0.434. The number of nitrogens with one attached hydrogen (secondary N) is 1. The van der Waals surface area contributed by atoms with Crippen LogP contribution in [0, 0.1) is 0 Å². The van der Waals surface area contributed by atoms with Crippen LogP contribution in [0.25, 0.3) is 0 Å². The van der Waals surface area contributed by atoms with Gasteiger partial charge < -0.3 is 5.32 Å². The molecule has 0 aliphatic heterocycles. The van der Waals surface area contributed by atoms with Crippen molar-refractivity contribution in [2.24, 2.45) is 0 Å². The van der Waals surface area contributed by atoms with Gasteiger partial charge in [-0.1, -0.05) is 46.3 Å². The Hall–Kier alpha value is -1.26. The predicted octanol–water partition coefficient (Wildman–Crippen LogP) is 4.45. The van der Waals surface area contributed by atoms with Crippen molar-refractivity contribution >= 4 is 33.6 Å². The van der Waals surface area contributed by atoms with Crippen LogP contribution in [-0.4, -0.2) is 17.5 Å². The molecule has 2 aromatic rings. The van der Waals surface area contributed by atoms with E-state index in [-0.39, 0.29) is 5.91 Å². The Morgan fingerprint density at radius 1 is 1.14 bits per heavy atom. The Morgan fingerprint density at radius 3 is 2.29 bits per heavy atom. The number of thioether (sulfide) groups is 1. The molecule has 0 heterocycles. The molecule has 0 bridgehead atoms. The lowest BCUT2D eigenvalue weighted by molar-refractivity contribution is 0.0914. The minimum absolute atomic E-state index is 0.0616. The highest BCUT2D eigenvalue weighted by atomic mass is 79.9. The third-order valence-electron chi connectivity index (χ3n) is 3.42. The summed E-state index contributed by atoms with van der Waals surface area (Å²) in [6, 6.07) is 17.6. The summed E-state index contributed by atoms with van der Waals surface area (Å²) in [5, 5.41) is 3.77. The van der Waals surface area contributed by atoms with E-state index in [4.69, 9.17) is 0 Å². The molecule has 0 saturated heterocycles. The first-order valence-corrected chi connectivity index (χ1v) is 9.02. The van der Waals surface area contributed by atoms with E-state index < -0.39 is 5.54 Å². The number of amides is 1. The molecule has 0 aliphatic carbocycles. The second kappa shape index (κ2) is 7.14. The van der Waals surface area contributed by atoms with Gasteiger partial charge in [0.25, 0.3) is 5.91 Å². The SMILES string of the molecule is CSc1ccc(C(=O)NC(C)(CBr)c2ccccc2)cc1. The van der Waals surface area contributed by atoms with Crippen LogP contribution in [0.15, 0.2) is 59.5 Å². The van der Waals surface area contributed by atoms with Crippen molar-refractivity contribution < 1.29 is 4.79 Å². The van der Waals surface area contributed by atoms with Gasteiger partial charge in [0.2, 0.25) is 0 Å². The van der Waals surface area contributed by atoms with Crippen LogP contribution in [-0.2, 0) is 5.54 Å². The van der Waals surface area contributed by atoms with Crippen LogP contribution < -0.4 is 5.32 Å². The van der Waals surface area contributed by atoms with Gasteiger partial charge in [-0.2, -0.15) is 0 Å². The van der Waals surface area contributed by atoms with Gasteiger partial charge >= 0.3 is 0 Å². The molecule has 0 saturated carbocycles. The molecule has 21 heavy (non-hydrogen) atoms. The van der Waals surface area contributed by atoms with E-state index in [1.54, 1.807) is 11.8 Å². The van der Waals surface area contributed by atoms with Crippen molar-refractivity contribution in [1.82, 2.24) is 5.32 Å². The quantitative estimate of drug-likeness (QED) is 0.627. The van der Waals surface area contributed by atoms with Crippen LogP contribution in [0.2, 0.25) is 0 Å². The standard InChI is InChI=1S/C17H18BrNOS/c1-17(12-18,14-6-4-3-5-7-14)19-16(20)13-8-10-15(21-2)11-9-13/h3-11H,12H2,1-2H3,(H,19,20). The van der Waals surface area contributed by atoms with Gasteiger partial charge in [-0.3, -0.25) is 4.79 Å². The van der Waals surface area contributed by atoms with Crippen LogP contribution in [0.1, 0.15) is 22.8 Å². The highest BCUT2D eigenvalue weighted by Crippen LogP contribution is 2.24. The number of carbonyl (C=O) groups is 1. The lowest BCUT2D eigenvalue weighted by Crippen LogP contribution is -2.44. The fourth-order valence-corrected chi connectivity index (χ4v) is 2.93. The molecule has 2 nitrogen and oxygen atoms in total. The van der Waals surface area contributed by atoms with Crippen molar-refractivity contribution in [2.45, 2.75) is 17.4 Å². The van der Waals surface area contributed by atoms with Crippen LogP contribution >= 0.6 is 27.7 Å². The van der Waals surface area contributed by atoms with Crippen molar-refractivity contribution in [3.63, 3.8) is 0 Å². The smallest absolute Gasteiger partial charge is 0.251 e. The van der Waals surface area contributed by atoms with E-state index in [1.165, 1.54) is 0 Å². The monoisotopic (exact) mass is 363 g/mol. The Bertz CT molecular complexity index is 600. The normalized spacial score (nSPS) is 13.5. The predicted molar refractivity (Wildman–Crippen MR) is 93.3 cm³/mol. The molecule has 1 atom stereocenters. The average molecular weight is 364 g/mol. The zero-order chi connectivity index (χ0) is 15.3. The molecule has 1 amide bonds. The summed E-state index contributed by atoms with van der Waals surface area (Å²) >= 11 is 5.18. The van der Waals surface area contributed by atoms with Gasteiger partial charge in [-0.05, 0) is 43.0 Å². The second-order valence-corrected chi connectivity index (χ2v) is 6.45. The van der Waals surface area contributed by atoms with Crippen molar-refractivity contribution in [3.05, 3.63) is 65.7 Å². The summed E-state index contributed by atoms with van der Waals surface area (Å²) < 4.78 is 0. The highest BCUT2D eigenvalue weighted by molar-refractivity contribution is 9.09. The molecule has 2 rings (SSSR count). The highest BCUT2D eigenvalue weighted by Gasteiger charge is 2.27. The first-order valence-electron chi connectivity index (χ1n) is 6.67. The lowest BCUT2D eigenvalue weighted by atomic mass is 9.94. The van der Waals surface area contributed by atoms with Gasteiger partial charge in [0.15, 0.2) is 0 Å². The van der Waals surface area contributed by atoms with Crippen LogP contribution in [0.5, 0.6) is 0 Å². The van der Waals surface area contributed by atoms with Crippen molar-refractivity contribution in [3.8, 4) is 0 Å². The van der Waals surface area contributed by atoms with Gasteiger partial charge in [0.1, 0.15) is 0 Å². The molecular weight excluding hydrogens is 346 g/mol.